The molecular formula is C12H18N2O4. The first-order valence-corrected chi connectivity index (χ1v) is 5.32. The van der Waals surface area contributed by atoms with Gasteiger partial charge in [-0.1, -0.05) is 0 Å². The van der Waals surface area contributed by atoms with Crippen molar-refractivity contribution in [2.45, 2.75) is 13.8 Å². The molecule has 6 heteroatoms. The van der Waals surface area contributed by atoms with Crippen LogP contribution in [0.25, 0.3) is 0 Å². The van der Waals surface area contributed by atoms with Crippen molar-refractivity contribution in [2.24, 2.45) is 0 Å². The summed E-state index contributed by atoms with van der Waals surface area (Å²) in [4.78, 5) is 35.0. The number of hydrogen-bond donors (Lipinski definition) is 2. The van der Waals surface area contributed by atoms with Crippen molar-refractivity contribution in [3.05, 3.63) is 23.5 Å². The van der Waals surface area contributed by atoms with Crippen molar-refractivity contribution < 1.29 is 19.5 Å². The molecule has 0 rings (SSSR count). The topological polar surface area (TPSA) is 86.7 Å². The number of nitrogens with one attached hydrogen (secondary N) is 1. The molecule has 0 aliphatic heterocycles. The van der Waals surface area contributed by atoms with E-state index >= 15 is 0 Å². The summed E-state index contributed by atoms with van der Waals surface area (Å²) in [5.74, 6) is -1.97. The Morgan fingerprint density at radius 3 is 2.00 bits per heavy atom. The summed E-state index contributed by atoms with van der Waals surface area (Å²) >= 11 is 0. The number of carboxylic acid groups (broad SMARTS) is 1. The summed E-state index contributed by atoms with van der Waals surface area (Å²) in [6.07, 6.45) is 2.58. The average molecular weight is 254 g/mol. The van der Waals surface area contributed by atoms with E-state index in [4.69, 9.17) is 5.11 Å². The highest BCUT2D eigenvalue weighted by atomic mass is 16.4. The summed E-state index contributed by atoms with van der Waals surface area (Å²) in [6, 6.07) is 0. The molecule has 0 aliphatic rings. The number of likely N-dealkylation sites (N-methyl/N-ethyl adjacent to an activating group) is 1. The van der Waals surface area contributed by atoms with Gasteiger partial charge in [-0.2, -0.15) is 0 Å². The normalized spacial score (nSPS) is 11.1. The lowest BCUT2D eigenvalue weighted by atomic mass is 10.1. The third-order valence-electron chi connectivity index (χ3n) is 2.02. The number of rotatable bonds is 7. The van der Waals surface area contributed by atoms with Crippen LogP contribution in [0.15, 0.2) is 23.5 Å². The van der Waals surface area contributed by atoms with Crippen LogP contribution < -0.4 is 5.32 Å². The van der Waals surface area contributed by atoms with Crippen LogP contribution in [0.5, 0.6) is 0 Å². The maximum Gasteiger partial charge on any atom is 0.352 e. The Morgan fingerprint density at radius 2 is 1.67 bits per heavy atom. The molecule has 2 N–H and O–H groups in total. The van der Waals surface area contributed by atoms with E-state index in [1.165, 1.54) is 19.9 Å². The zero-order chi connectivity index (χ0) is 14.3. The maximum atomic E-state index is 11.1. The lowest BCUT2D eigenvalue weighted by Crippen LogP contribution is -2.21. The van der Waals surface area contributed by atoms with Gasteiger partial charge in [-0.15, -0.1) is 0 Å². The van der Waals surface area contributed by atoms with Gasteiger partial charge in [0.25, 0.3) is 0 Å². The van der Waals surface area contributed by atoms with Gasteiger partial charge < -0.3 is 15.3 Å². The number of carbonyl (C=O) groups is 3. The van der Waals surface area contributed by atoms with Crippen molar-refractivity contribution in [1.29, 1.82) is 0 Å². The highest BCUT2D eigenvalue weighted by molar-refractivity contribution is 6.18. The Morgan fingerprint density at radius 1 is 1.17 bits per heavy atom. The van der Waals surface area contributed by atoms with Gasteiger partial charge in [0.15, 0.2) is 11.6 Å². The summed E-state index contributed by atoms with van der Waals surface area (Å²) < 4.78 is 0. The molecule has 0 radical (unpaired) electrons. The number of ketones is 2. The fourth-order valence-electron chi connectivity index (χ4n) is 1.08. The Labute approximate surface area is 106 Å². The summed E-state index contributed by atoms with van der Waals surface area (Å²) in [7, 11) is 3.59. The Bertz CT molecular complexity index is 392. The molecule has 0 spiro atoms. The largest absolute Gasteiger partial charge is 0.477 e. The molecule has 0 bridgehead atoms. The number of hydrogen-bond acceptors (Lipinski definition) is 5. The van der Waals surface area contributed by atoms with Gasteiger partial charge in [0, 0.05) is 12.7 Å². The van der Waals surface area contributed by atoms with Gasteiger partial charge in [0.1, 0.15) is 5.70 Å². The molecule has 0 heterocycles. The fourth-order valence-corrected chi connectivity index (χ4v) is 1.08. The van der Waals surface area contributed by atoms with E-state index in [2.05, 4.69) is 5.32 Å². The van der Waals surface area contributed by atoms with Crippen molar-refractivity contribution in [1.82, 2.24) is 10.2 Å². The number of aliphatic carboxylic acids is 1. The van der Waals surface area contributed by atoms with Crippen LogP contribution in [0.3, 0.4) is 0 Å². The molecule has 0 saturated heterocycles. The van der Waals surface area contributed by atoms with E-state index in [1.54, 1.807) is 19.0 Å². The molecule has 0 aromatic heterocycles. The van der Waals surface area contributed by atoms with Crippen molar-refractivity contribution in [3.63, 3.8) is 0 Å². The Kier molecular flexibility index (Phi) is 6.59. The van der Waals surface area contributed by atoms with Gasteiger partial charge in [-0.3, -0.25) is 9.59 Å². The van der Waals surface area contributed by atoms with Gasteiger partial charge in [0.2, 0.25) is 0 Å². The second kappa shape index (κ2) is 7.39. The minimum Gasteiger partial charge on any atom is -0.477 e. The summed E-state index contributed by atoms with van der Waals surface area (Å²) in [6.45, 7) is 2.93. The van der Waals surface area contributed by atoms with Crippen molar-refractivity contribution in [3.8, 4) is 0 Å². The first kappa shape index (κ1) is 16.1. The highest BCUT2D eigenvalue weighted by Gasteiger charge is 2.11. The van der Waals surface area contributed by atoms with Gasteiger partial charge >= 0.3 is 5.97 Å². The average Bonchev–Trinajstić information content (AvgIpc) is 2.20. The first-order chi connectivity index (χ1) is 8.25. The standard InChI is InChI=1S/C12H18N2O4/c1-8(15)10(9(2)16)7-13-11(12(17)18)5-6-14(3)4/h5,7,13H,6H2,1-4H3,(H,17,18). The third kappa shape index (κ3) is 5.95. The number of nitrogens with zero attached hydrogens (tertiary/aromatic N) is 1. The molecule has 100 valence electrons. The minimum atomic E-state index is -1.15. The number of carbonyl (C=O) groups excluding carboxylic acids is 2. The number of carboxylic acids is 1. The molecular weight excluding hydrogens is 236 g/mol. The van der Waals surface area contributed by atoms with Crippen molar-refractivity contribution >= 4 is 17.5 Å². The lowest BCUT2D eigenvalue weighted by Gasteiger charge is -2.08. The monoisotopic (exact) mass is 254 g/mol. The van der Waals surface area contributed by atoms with Crippen LogP contribution in [0, 0.1) is 0 Å². The molecule has 0 amide bonds. The number of allylic oxidation sites excluding steroid dienone is 1. The molecule has 0 aromatic carbocycles. The third-order valence-corrected chi connectivity index (χ3v) is 2.02. The quantitative estimate of drug-likeness (QED) is 0.382. The summed E-state index contributed by atoms with van der Waals surface area (Å²) in [5.41, 5.74) is -0.143. The van der Waals surface area contributed by atoms with Crippen LogP contribution >= 0.6 is 0 Å². The maximum absolute atomic E-state index is 11.1. The second-order valence-electron chi connectivity index (χ2n) is 4.00. The van der Waals surface area contributed by atoms with Crippen LogP contribution in [-0.2, 0) is 14.4 Å². The molecule has 0 aromatic rings. The SMILES string of the molecule is CC(=O)C(=CNC(=CCN(C)C)C(=O)O)C(C)=O. The van der Waals surface area contributed by atoms with Crippen LogP contribution in [0.1, 0.15) is 13.8 Å². The molecule has 0 fully saturated rings. The van der Waals surface area contributed by atoms with Gasteiger partial charge in [-0.25, -0.2) is 4.79 Å². The first-order valence-electron chi connectivity index (χ1n) is 5.32. The van der Waals surface area contributed by atoms with E-state index < -0.39 is 17.5 Å². The minimum absolute atomic E-state index is 0.0630. The predicted octanol–water partition coefficient (Wildman–Crippen LogP) is 0.168. The van der Waals surface area contributed by atoms with Crippen LogP contribution in [0.2, 0.25) is 0 Å². The van der Waals surface area contributed by atoms with E-state index in [0.717, 1.165) is 6.20 Å². The Hall–Kier alpha value is -1.95. The zero-order valence-electron chi connectivity index (χ0n) is 11.0. The van der Waals surface area contributed by atoms with Gasteiger partial charge in [-0.05, 0) is 34.0 Å². The molecule has 6 nitrogen and oxygen atoms in total. The Balaban J connectivity index is 4.95. The predicted molar refractivity (Wildman–Crippen MR) is 66.9 cm³/mol. The highest BCUT2D eigenvalue weighted by Crippen LogP contribution is 1.99. The second-order valence-corrected chi connectivity index (χ2v) is 4.00. The fraction of sp³-hybridized carbons (Fsp3) is 0.417. The van der Waals surface area contributed by atoms with Crippen LogP contribution in [-0.4, -0.2) is 48.2 Å². The van der Waals surface area contributed by atoms with E-state index in [1.807, 2.05) is 0 Å². The van der Waals surface area contributed by atoms with E-state index in [9.17, 15) is 14.4 Å². The smallest absolute Gasteiger partial charge is 0.352 e. The lowest BCUT2D eigenvalue weighted by molar-refractivity contribution is -0.133. The van der Waals surface area contributed by atoms with E-state index in [0.29, 0.717) is 6.54 Å². The molecule has 0 aliphatic carbocycles. The summed E-state index contributed by atoms with van der Waals surface area (Å²) in [5, 5.41) is 11.4. The molecule has 0 atom stereocenters. The molecule has 0 unspecified atom stereocenters. The zero-order valence-corrected chi connectivity index (χ0v) is 11.0. The molecule has 0 saturated carbocycles. The van der Waals surface area contributed by atoms with Gasteiger partial charge in [0.05, 0.1) is 5.57 Å². The van der Waals surface area contributed by atoms with Crippen molar-refractivity contribution in [2.75, 3.05) is 20.6 Å². The molecule has 18 heavy (non-hydrogen) atoms. The van der Waals surface area contributed by atoms with E-state index in [-0.39, 0.29) is 11.3 Å². The van der Waals surface area contributed by atoms with Crippen LogP contribution in [0.4, 0.5) is 0 Å². The number of Topliss-reactive ketones (excluding diaryl/α,β-unsaturated/α-hetero) is 2.